The van der Waals surface area contributed by atoms with Crippen LogP contribution in [-0.4, -0.2) is 36.3 Å². The number of nitrogens with zero attached hydrogens (tertiary/aromatic N) is 4. The molecule has 0 spiro atoms. The molecule has 13 heteroatoms. The molecule has 6 rings (SSSR count). The summed E-state index contributed by atoms with van der Waals surface area (Å²) < 4.78 is 33.1. The van der Waals surface area contributed by atoms with E-state index in [2.05, 4.69) is 19.9 Å². The highest BCUT2D eigenvalue weighted by Gasteiger charge is 2.37. The lowest BCUT2D eigenvalue weighted by Crippen LogP contribution is -2.30. The molecule has 0 saturated carbocycles. The molecule has 0 radical (unpaired) electrons. The fourth-order valence-electron chi connectivity index (χ4n) is 4.66. The lowest BCUT2D eigenvalue weighted by molar-refractivity contribution is 0.0470. The van der Waals surface area contributed by atoms with Gasteiger partial charge < -0.3 is 9.84 Å². The largest absolute Gasteiger partial charge is 0.507 e. The number of sulfonamides is 1. The van der Waals surface area contributed by atoms with Crippen LogP contribution < -0.4 is 9.62 Å². The number of esters is 1. The van der Waals surface area contributed by atoms with Crippen LogP contribution in [0.15, 0.2) is 131 Å². The summed E-state index contributed by atoms with van der Waals surface area (Å²) >= 11 is 0. The van der Waals surface area contributed by atoms with Crippen LogP contribution in [0.25, 0.3) is 0 Å². The summed E-state index contributed by atoms with van der Waals surface area (Å²) in [7, 11) is -3.87. The number of hydrogen-bond acceptors (Lipinski definition) is 10. The zero-order valence-electron chi connectivity index (χ0n) is 23.8. The maximum atomic E-state index is 13.0. The molecule has 4 aromatic carbocycles. The zero-order valence-corrected chi connectivity index (χ0v) is 24.6. The van der Waals surface area contributed by atoms with E-state index < -0.39 is 27.8 Å². The number of fused-ring (bicyclic) bond motifs is 1. The van der Waals surface area contributed by atoms with Crippen molar-refractivity contribution >= 4 is 50.7 Å². The predicted molar refractivity (Wildman–Crippen MR) is 167 cm³/mol. The Labute approximate surface area is 262 Å². The number of aromatic hydroxyl groups is 1. The number of rotatable bonds is 9. The number of anilines is 2. The van der Waals surface area contributed by atoms with Crippen LogP contribution in [0.5, 0.6) is 5.75 Å². The first-order chi connectivity index (χ1) is 22.2. The highest BCUT2D eigenvalue weighted by Crippen LogP contribution is 2.32. The second-order valence-electron chi connectivity index (χ2n) is 9.91. The van der Waals surface area contributed by atoms with Crippen LogP contribution in [0.2, 0.25) is 0 Å². The first kappa shape index (κ1) is 29.8. The second kappa shape index (κ2) is 12.4. The van der Waals surface area contributed by atoms with Crippen molar-refractivity contribution in [2.24, 2.45) is 10.2 Å². The lowest BCUT2D eigenvalue weighted by Gasteiger charge is -2.18. The highest BCUT2D eigenvalue weighted by molar-refractivity contribution is 7.92. The van der Waals surface area contributed by atoms with Gasteiger partial charge in [0.2, 0.25) is 0 Å². The van der Waals surface area contributed by atoms with Crippen molar-refractivity contribution in [3.63, 3.8) is 0 Å². The van der Waals surface area contributed by atoms with Crippen molar-refractivity contribution in [3.05, 3.63) is 138 Å². The number of aromatic nitrogens is 1. The van der Waals surface area contributed by atoms with Gasteiger partial charge in [0.05, 0.1) is 33.1 Å². The van der Waals surface area contributed by atoms with Gasteiger partial charge in [0.15, 0.2) is 0 Å². The van der Waals surface area contributed by atoms with Crippen molar-refractivity contribution in [1.82, 2.24) is 4.98 Å². The topological polar surface area (TPSA) is 168 Å². The van der Waals surface area contributed by atoms with E-state index in [0.717, 1.165) is 4.90 Å². The summed E-state index contributed by atoms with van der Waals surface area (Å²) in [4.78, 5) is 44.0. The van der Waals surface area contributed by atoms with E-state index >= 15 is 0 Å². The number of pyridine rings is 1. The number of para-hydroxylation sites is 1. The molecule has 2 N–H and O–H groups in total. The van der Waals surface area contributed by atoms with Gasteiger partial charge in [-0.05, 0) is 72.8 Å². The molecule has 228 valence electrons. The number of nitrogens with one attached hydrogen (secondary N) is 1. The summed E-state index contributed by atoms with van der Waals surface area (Å²) in [5.74, 6) is -2.01. The Kier molecular flexibility index (Phi) is 8.06. The Balaban J connectivity index is 1.14. The molecular formula is C33H23N5O7S. The zero-order chi connectivity index (χ0) is 32.3. The fraction of sp³-hybridized carbons (Fsp3) is 0.0303. The minimum Gasteiger partial charge on any atom is -0.507 e. The van der Waals surface area contributed by atoms with Crippen LogP contribution in [0.1, 0.15) is 36.6 Å². The van der Waals surface area contributed by atoms with E-state index in [-0.39, 0.29) is 51.1 Å². The van der Waals surface area contributed by atoms with Crippen LogP contribution in [0.3, 0.4) is 0 Å². The van der Waals surface area contributed by atoms with Gasteiger partial charge in [0.1, 0.15) is 23.7 Å². The summed E-state index contributed by atoms with van der Waals surface area (Å²) in [5.41, 5.74) is 1.61. The lowest BCUT2D eigenvalue weighted by atomic mass is 10.1. The first-order valence-corrected chi connectivity index (χ1v) is 15.2. The third-order valence-corrected chi connectivity index (χ3v) is 8.29. The van der Waals surface area contributed by atoms with Crippen LogP contribution in [0, 0.1) is 0 Å². The van der Waals surface area contributed by atoms with Crippen LogP contribution in [-0.2, 0) is 21.4 Å². The molecule has 1 aliphatic rings. The van der Waals surface area contributed by atoms with Gasteiger partial charge >= 0.3 is 5.97 Å². The van der Waals surface area contributed by atoms with Gasteiger partial charge in [-0.15, -0.1) is 0 Å². The summed E-state index contributed by atoms with van der Waals surface area (Å²) in [6.07, 6.45) is 1.47. The first-order valence-electron chi connectivity index (χ1n) is 13.7. The number of carbonyl (C=O) groups excluding carboxylic acids is 3. The quantitative estimate of drug-likeness (QED) is 0.111. The fourth-order valence-corrected chi connectivity index (χ4v) is 5.67. The Morgan fingerprint density at radius 2 is 1.43 bits per heavy atom. The average molecular weight is 634 g/mol. The van der Waals surface area contributed by atoms with Gasteiger partial charge in [0.25, 0.3) is 21.8 Å². The SMILES string of the molecule is O=C(OCc1ccccc1N1C(=O)c2ccccc2C1=O)c1cc(/N=N/c2ccc(S(=O)(=O)Nc3ccccn3)cc2)ccc1O. The summed E-state index contributed by atoms with van der Waals surface area (Å²) in [6.45, 7) is -0.294. The number of carbonyl (C=O) groups is 3. The Bertz CT molecular complexity index is 2080. The molecule has 0 fully saturated rings. The molecular weight excluding hydrogens is 610 g/mol. The minimum atomic E-state index is -3.87. The molecule has 1 aliphatic heterocycles. The molecule has 12 nitrogen and oxygen atoms in total. The van der Waals surface area contributed by atoms with E-state index in [9.17, 15) is 27.9 Å². The molecule has 2 heterocycles. The van der Waals surface area contributed by atoms with Gasteiger partial charge in [-0.3, -0.25) is 14.3 Å². The minimum absolute atomic E-state index is 0.00339. The van der Waals surface area contributed by atoms with Gasteiger partial charge in [0, 0.05) is 11.8 Å². The van der Waals surface area contributed by atoms with E-state index in [1.807, 2.05) is 0 Å². The molecule has 1 aromatic heterocycles. The van der Waals surface area contributed by atoms with Crippen molar-refractivity contribution in [2.45, 2.75) is 11.5 Å². The standard InChI is InChI=1S/C33H23N5O7S/c39-29-17-14-23(36-35-22-12-15-24(16-13-22)46(43,44)37-30-11-5-6-18-34-30)19-27(29)33(42)45-20-21-7-1-4-10-28(21)38-31(40)25-8-2-3-9-26(25)32(38)41/h1-19,39H,20H2,(H,34,37)/b36-35+. The Hall–Kier alpha value is -6.21. The number of phenolic OH excluding ortho intramolecular Hbond substituents is 1. The normalized spacial score (nSPS) is 12.7. The van der Waals surface area contributed by atoms with Crippen LogP contribution >= 0.6 is 0 Å². The maximum absolute atomic E-state index is 13.0. The Morgan fingerprint density at radius 1 is 0.804 bits per heavy atom. The monoisotopic (exact) mass is 633 g/mol. The van der Waals surface area contributed by atoms with Gasteiger partial charge in [-0.1, -0.05) is 36.4 Å². The van der Waals surface area contributed by atoms with Crippen LogP contribution in [0.4, 0.5) is 22.9 Å². The average Bonchev–Trinajstić information content (AvgIpc) is 3.32. The number of phenols is 1. The van der Waals surface area contributed by atoms with Gasteiger partial charge in [-0.25, -0.2) is 23.1 Å². The van der Waals surface area contributed by atoms with Crippen molar-refractivity contribution in [3.8, 4) is 5.75 Å². The van der Waals surface area contributed by atoms with E-state index in [0.29, 0.717) is 11.3 Å². The molecule has 0 atom stereocenters. The number of imide groups is 1. The summed E-state index contributed by atoms with van der Waals surface area (Å²) in [5, 5.41) is 18.5. The highest BCUT2D eigenvalue weighted by atomic mass is 32.2. The predicted octanol–water partition coefficient (Wildman–Crippen LogP) is 6.16. The molecule has 0 aliphatic carbocycles. The number of amides is 2. The molecule has 2 amide bonds. The summed E-state index contributed by atoms with van der Waals surface area (Å²) in [6, 6.07) is 27.5. The second-order valence-corrected chi connectivity index (χ2v) is 11.6. The number of hydrogen-bond donors (Lipinski definition) is 2. The van der Waals surface area contributed by atoms with Crippen molar-refractivity contribution in [2.75, 3.05) is 9.62 Å². The van der Waals surface area contributed by atoms with E-state index in [1.165, 1.54) is 54.7 Å². The van der Waals surface area contributed by atoms with Crippen molar-refractivity contribution < 1.29 is 32.6 Å². The molecule has 0 saturated heterocycles. The Morgan fingerprint density at radius 3 is 2.13 bits per heavy atom. The third kappa shape index (κ3) is 6.07. The number of ether oxygens (including phenoxy) is 1. The van der Waals surface area contributed by atoms with E-state index in [1.54, 1.807) is 60.7 Å². The molecule has 5 aromatic rings. The maximum Gasteiger partial charge on any atom is 0.342 e. The number of benzene rings is 4. The number of azo groups is 1. The third-order valence-electron chi connectivity index (χ3n) is 6.92. The molecule has 46 heavy (non-hydrogen) atoms. The molecule has 0 unspecified atom stereocenters. The van der Waals surface area contributed by atoms with Crippen molar-refractivity contribution in [1.29, 1.82) is 0 Å². The smallest absolute Gasteiger partial charge is 0.342 e. The van der Waals surface area contributed by atoms with Gasteiger partial charge in [-0.2, -0.15) is 10.2 Å². The molecule has 0 bridgehead atoms. The van der Waals surface area contributed by atoms with E-state index in [4.69, 9.17) is 4.74 Å².